The predicted octanol–water partition coefficient (Wildman–Crippen LogP) is 29.8. The van der Waals surface area contributed by atoms with Gasteiger partial charge >= 0.3 is 0 Å². The van der Waals surface area contributed by atoms with Crippen LogP contribution in [0.3, 0.4) is 0 Å². The summed E-state index contributed by atoms with van der Waals surface area (Å²) in [6.45, 7) is 2.36. The molecule has 0 radical (unpaired) electrons. The number of hydrogen-bond acceptors (Lipinski definition) is 5. The molecule has 0 N–H and O–H groups in total. The third kappa shape index (κ3) is 10.6. The van der Waals surface area contributed by atoms with E-state index in [0.29, 0.717) is 5.92 Å². The fourth-order valence-electron chi connectivity index (χ4n) is 17.8. The maximum absolute atomic E-state index is 2.49. The summed E-state index contributed by atoms with van der Waals surface area (Å²) >= 11 is 3.73. The van der Waals surface area contributed by atoms with E-state index < -0.39 is 0 Å². The fraction of sp³-hybridized carbons (Fsp3) is 0.0291. The van der Waals surface area contributed by atoms with Gasteiger partial charge in [-0.15, -0.1) is 22.7 Å². The van der Waals surface area contributed by atoms with Crippen LogP contribution in [0.25, 0.3) is 140 Å². The van der Waals surface area contributed by atoms with Crippen molar-refractivity contribution in [1.29, 1.82) is 0 Å². The first-order valence-electron chi connectivity index (χ1n) is 38.2. The van der Waals surface area contributed by atoms with Gasteiger partial charge in [0.15, 0.2) is 0 Å². The molecule has 0 spiro atoms. The largest absolute Gasteiger partial charge is 0.313 e. The summed E-state index contributed by atoms with van der Waals surface area (Å²) in [5.41, 5.74) is 26.6. The Kier molecular flexibility index (Phi) is 15.3. The summed E-state index contributed by atoms with van der Waals surface area (Å²) in [6.07, 6.45) is 5.68. The first-order valence-corrected chi connectivity index (χ1v) is 39.8. The van der Waals surface area contributed by atoms with Gasteiger partial charge in [0.1, 0.15) is 0 Å². The summed E-state index contributed by atoms with van der Waals surface area (Å²) in [6, 6.07) is 139. The highest BCUT2D eigenvalue weighted by Crippen LogP contribution is 2.51. The lowest BCUT2D eigenvalue weighted by Gasteiger charge is -2.27. The van der Waals surface area contributed by atoms with Gasteiger partial charge in [-0.05, 0) is 211 Å². The fourth-order valence-corrected chi connectivity index (χ4v) is 20.2. The van der Waals surface area contributed by atoms with Crippen LogP contribution in [0.4, 0.5) is 51.2 Å². The van der Waals surface area contributed by atoms with Gasteiger partial charge in [-0.1, -0.05) is 213 Å². The van der Waals surface area contributed by atoms with Crippen LogP contribution < -0.4 is 14.7 Å². The van der Waals surface area contributed by atoms with E-state index in [-0.39, 0.29) is 0 Å². The number of allylic oxidation sites excluding steroid dienone is 1. The van der Waals surface area contributed by atoms with Gasteiger partial charge in [-0.3, -0.25) is 0 Å². The summed E-state index contributed by atoms with van der Waals surface area (Å²) in [4.78, 5) is 7.25. The number of hydrogen-bond donors (Lipinski definition) is 0. The van der Waals surface area contributed by atoms with Crippen molar-refractivity contribution in [1.82, 2.24) is 13.7 Å². The Morgan fingerprint density at radius 1 is 0.279 bits per heavy atom. The number of rotatable bonds is 14. The van der Waals surface area contributed by atoms with Crippen molar-refractivity contribution in [3.8, 4) is 39.3 Å². The van der Waals surface area contributed by atoms with Gasteiger partial charge in [0.25, 0.3) is 0 Å². The predicted molar refractivity (Wildman–Crippen MR) is 475 cm³/mol. The van der Waals surface area contributed by atoms with Crippen LogP contribution >= 0.6 is 22.7 Å². The third-order valence-corrected chi connectivity index (χ3v) is 25.2. The molecule has 22 rings (SSSR count). The number of thiophene rings is 2. The van der Waals surface area contributed by atoms with Crippen LogP contribution in [-0.2, 0) is 0 Å². The second-order valence-corrected chi connectivity index (χ2v) is 31.3. The summed E-state index contributed by atoms with van der Waals surface area (Å²) < 4.78 is 12.4. The zero-order valence-electron chi connectivity index (χ0n) is 60.7. The van der Waals surface area contributed by atoms with Crippen molar-refractivity contribution in [2.24, 2.45) is 0 Å². The van der Waals surface area contributed by atoms with E-state index in [4.69, 9.17) is 0 Å². The van der Waals surface area contributed by atoms with E-state index >= 15 is 0 Å². The molecule has 8 heteroatoms. The standard InChI is InChI=1S/C103H70N6S2/c1-67-22-20-33-87-84-29-10-17-38-94(84)109(101(67)87)80-61-55-75(56-62-80)104(73-51-57-78(58-52-73)107-91-35-14-8-27-82(91)83-28-9-15-36-92(83)107)74-53-59-79(60-54-74)108-93-37-16-11-30-85(93)90-66-70(46-64-95(90)108)81-63-65-97(103-100(81)89-32-13-19-41-99(89)111-103)106(72-25-6-3-7-26-72)77-49-44-69(45-50-77)68-42-47-76(48-43-68)105(71-23-4-2-5-24-71)96-39-21-34-88-86-31-12-18-40-98(86)110-102(88)96/h2-21,23-67H,22H2,1H3. The maximum atomic E-state index is 2.49. The minimum Gasteiger partial charge on any atom is -0.313 e. The zero-order chi connectivity index (χ0) is 73.2. The Hall–Kier alpha value is -13.8. The number of aromatic nitrogens is 3. The van der Waals surface area contributed by atoms with Gasteiger partial charge in [0.2, 0.25) is 0 Å². The van der Waals surface area contributed by atoms with Crippen molar-refractivity contribution in [2.75, 3.05) is 14.7 Å². The maximum Gasteiger partial charge on any atom is 0.0640 e. The second-order valence-electron chi connectivity index (χ2n) is 29.2. The van der Waals surface area contributed by atoms with Gasteiger partial charge in [-0.25, -0.2) is 0 Å². The molecule has 0 amide bonds. The minimum absolute atomic E-state index is 0.389. The van der Waals surface area contributed by atoms with Crippen LogP contribution in [0.15, 0.2) is 382 Å². The Balaban J connectivity index is 0.614. The lowest BCUT2D eigenvalue weighted by Crippen LogP contribution is -2.11. The summed E-state index contributed by atoms with van der Waals surface area (Å²) in [5.74, 6) is 0.389. The average molecular weight is 1460 g/mol. The van der Waals surface area contributed by atoms with Crippen molar-refractivity contribution < 1.29 is 0 Å². The molecule has 21 aromatic rings. The van der Waals surface area contributed by atoms with Crippen LogP contribution in [0.1, 0.15) is 30.5 Å². The highest BCUT2D eigenvalue weighted by Gasteiger charge is 2.27. The smallest absolute Gasteiger partial charge is 0.0640 e. The normalized spacial score (nSPS) is 12.9. The number of anilines is 9. The van der Waals surface area contributed by atoms with Crippen molar-refractivity contribution >= 4 is 175 Å². The zero-order valence-corrected chi connectivity index (χ0v) is 62.4. The van der Waals surface area contributed by atoms with E-state index in [9.17, 15) is 0 Å². The van der Waals surface area contributed by atoms with E-state index in [2.05, 4.69) is 424 Å². The molecule has 1 unspecified atom stereocenters. The van der Waals surface area contributed by atoms with Crippen LogP contribution in [-0.4, -0.2) is 13.7 Å². The van der Waals surface area contributed by atoms with Crippen molar-refractivity contribution in [3.05, 3.63) is 393 Å². The molecule has 5 heterocycles. The summed E-state index contributed by atoms with van der Waals surface area (Å²) in [7, 11) is 0. The molecule has 0 saturated carbocycles. The van der Waals surface area contributed by atoms with Gasteiger partial charge < -0.3 is 28.4 Å². The van der Waals surface area contributed by atoms with Gasteiger partial charge in [0, 0.05) is 132 Å². The lowest BCUT2D eigenvalue weighted by atomic mass is 9.93. The molecule has 111 heavy (non-hydrogen) atoms. The molecule has 6 nitrogen and oxygen atoms in total. The molecule has 1 aliphatic carbocycles. The van der Waals surface area contributed by atoms with Crippen molar-refractivity contribution in [2.45, 2.75) is 19.3 Å². The monoisotopic (exact) mass is 1450 g/mol. The van der Waals surface area contributed by atoms with Crippen LogP contribution in [0.2, 0.25) is 0 Å². The molecule has 524 valence electrons. The van der Waals surface area contributed by atoms with Crippen molar-refractivity contribution in [3.63, 3.8) is 0 Å². The van der Waals surface area contributed by atoms with E-state index in [1.807, 2.05) is 22.7 Å². The topological polar surface area (TPSA) is 24.5 Å². The van der Waals surface area contributed by atoms with E-state index in [0.717, 1.165) is 91.1 Å². The Labute approximate surface area is 650 Å². The molecule has 16 aromatic carbocycles. The van der Waals surface area contributed by atoms with E-state index in [1.54, 1.807) is 0 Å². The van der Waals surface area contributed by atoms with Crippen LogP contribution in [0, 0.1) is 0 Å². The molecule has 0 saturated heterocycles. The highest BCUT2D eigenvalue weighted by molar-refractivity contribution is 7.27. The molecule has 1 atom stereocenters. The first kappa shape index (κ1) is 64.4. The minimum atomic E-state index is 0.389. The number of nitrogens with zero attached hydrogens (tertiary/aromatic N) is 6. The lowest BCUT2D eigenvalue weighted by molar-refractivity contribution is 0.723. The van der Waals surface area contributed by atoms with Gasteiger partial charge in [-0.2, -0.15) is 0 Å². The molecule has 5 aromatic heterocycles. The molecule has 0 bridgehead atoms. The Bertz CT molecular complexity index is 7170. The van der Waals surface area contributed by atoms with Crippen LogP contribution in [0.5, 0.6) is 0 Å². The molecular weight excluding hydrogens is 1390 g/mol. The second kappa shape index (κ2) is 26.3. The van der Waals surface area contributed by atoms with Gasteiger partial charge in [0.05, 0.1) is 48.4 Å². The highest BCUT2D eigenvalue weighted by atomic mass is 32.1. The molecular formula is C103H70N6S2. The third-order valence-electron chi connectivity index (χ3n) is 22.8. The molecule has 0 aliphatic heterocycles. The quantitative estimate of drug-likeness (QED) is 0.108. The van der Waals surface area contributed by atoms with E-state index in [1.165, 1.54) is 112 Å². The summed E-state index contributed by atoms with van der Waals surface area (Å²) in [5, 5.41) is 11.3. The first-order chi connectivity index (χ1) is 55.0. The number of benzene rings is 16. The Morgan fingerprint density at radius 2 is 0.667 bits per heavy atom. The molecule has 0 fully saturated rings. The Morgan fingerprint density at radius 3 is 1.22 bits per heavy atom. The average Bonchev–Trinajstić information content (AvgIpc) is 1.58. The molecule has 1 aliphatic rings. The number of para-hydroxylation sites is 6. The number of fused-ring (bicyclic) bond motifs is 15. The SMILES string of the molecule is CC1CC=Cc2c1n(-c1ccc(N(c3ccc(-n4c5ccccc5c5ccccc54)cc3)c3ccc(-n4c5ccccc5c5cc(-c6ccc(N(c7ccccc7)c7ccc(-c8ccc(N(c9ccccc9)c9cccc%10c9sc9ccccc9%10)cc8)cc7)c7sc8ccccc8c67)ccc54)cc3)cc1)c1ccccc21.